The van der Waals surface area contributed by atoms with Crippen molar-refractivity contribution in [2.24, 2.45) is 0 Å². The molecule has 322 valence electrons. The van der Waals surface area contributed by atoms with Gasteiger partial charge in [0.25, 0.3) is 0 Å². The SMILES string of the molecule is CC1(C)OB(c2ccc(C3CCCCC3)cc2)OC1(C)C.Clc1cc(-c2ccc(C3CCCCC3)cc2)cc(-c2ccc(C3CCCCC3)cc2)c1.Clc1cc(Br)cc(Br)c1. The van der Waals surface area contributed by atoms with Gasteiger partial charge in [-0.2, -0.15) is 0 Å². The first-order chi connectivity index (χ1) is 29.3. The highest BCUT2D eigenvalue weighted by atomic mass is 79.9. The van der Waals surface area contributed by atoms with E-state index in [0.29, 0.717) is 0 Å². The third-order valence-corrected chi connectivity index (χ3v) is 15.3. The van der Waals surface area contributed by atoms with Gasteiger partial charge in [0.2, 0.25) is 0 Å². The Morgan fingerprint density at radius 2 is 0.754 bits per heavy atom. The van der Waals surface area contributed by atoms with Crippen molar-refractivity contribution in [3.05, 3.63) is 145 Å². The maximum Gasteiger partial charge on any atom is 0.494 e. The smallest absolute Gasteiger partial charge is 0.399 e. The zero-order chi connectivity index (χ0) is 43.0. The topological polar surface area (TPSA) is 18.5 Å². The van der Waals surface area contributed by atoms with Gasteiger partial charge in [0.05, 0.1) is 11.2 Å². The second kappa shape index (κ2) is 21.5. The number of hydrogen-bond donors (Lipinski definition) is 0. The number of benzene rings is 5. The first kappa shape index (κ1) is 46.6. The molecule has 5 aromatic rings. The maximum atomic E-state index is 6.56. The van der Waals surface area contributed by atoms with Crippen molar-refractivity contribution in [2.75, 3.05) is 0 Å². The molecule has 0 amide bonds. The lowest BCUT2D eigenvalue weighted by Crippen LogP contribution is -2.41. The van der Waals surface area contributed by atoms with Crippen LogP contribution < -0.4 is 5.46 Å². The monoisotopic (exact) mass is 982 g/mol. The van der Waals surface area contributed by atoms with Crippen LogP contribution in [0, 0.1) is 0 Å². The lowest BCUT2D eigenvalue weighted by atomic mass is 9.77. The van der Waals surface area contributed by atoms with E-state index in [0.717, 1.165) is 42.2 Å². The lowest BCUT2D eigenvalue weighted by molar-refractivity contribution is 0.00578. The van der Waals surface area contributed by atoms with Gasteiger partial charge in [-0.3, -0.25) is 0 Å². The Morgan fingerprint density at radius 1 is 0.426 bits per heavy atom. The molecule has 3 saturated carbocycles. The van der Waals surface area contributed by atoms with Gasteiger partial charge in [-0.25, -0.2) is 0 Å². The van der Waals surface area contributed by atoms with Crippen LogP contribution in [-0.4, -0.2) is 18.3 Å². The molecule has 1 heterocycles. The highest BCUT2D eigenvalue weighted by Crippen LogP contribution is 2.39. The van der Waals surface area contributed by atoms with Crippen molar-refractivity contribution in [3.8, 4) is 22.3 Å². The third-order valence-electron chi connectivity index (χ3n) is 13.9. The Bertz CT molecular complexity index is 2010. The molecule has 7 heteroatoms. The molecule has 61 heavy (non-hydrogen) atoms. The minimum atomic E-state index is -0.264. The number of halogens is 4. The Kier molecular flexibility index (Phi) is 16.5. The van der Waals surface area contributed by atoms with Crippen LogP contribution in [0.2, 0.25) is 10.0 Å². The van der Waals surface area contributed by atoms with Gasteiger partial charge in [0.1, 0.15) is 0 Å². The molecular weight excluding hydrogens is 922 g/mol. The second-order valence-corrected chi connectivity index (χ2v) is 21.5. The van der Waals surface area contributed by atoms with E-state index in [2.05, 4.69) is 151 Å². The van der Waals surface area contributed by atoms with Crippen LogP contribution in [0.1, 0.15) is 158 Å². The van der Waals surface area contributed by atoms with Crippen LogP contribution in [0.5, 0.6) is 0 Å². The Morgan fingerprint density at radius 3 is 1.10 bits per heavy atom. The van der Waals surface area contributed by atoms with Crippen molar-refractivity contribution >= 4 is 67.6 Å². The summed E-state index contributed by atoms with van der Waals surface area (Å²) < 4.78 is 14.2. The summed E-state index contributed by atoms with van der Waals surface area (Å²) in [4.78, 5) is 0. The summed E-state index contributed by atoms with van der Waals surface area (Å²) in [5.41, 5.74) is 10.0. The maximum absolute atomic E-state index is 6.56. The zero-order valence-corrected chi connectivity index (χ0v) is 41.3. The van der Waals surface area contributed by atoms with Crippen LogP contribution in [-0.2, 0) is 9.31 Å². The third kappa shape index (κ3) is 12.7. The molecular formula is C54H63BBr2Cl2O2. The molecule has 9 rings (SSSR count). The van der Waals surface area contributed by atoms with Crippen molar-refractivity contribution in [2.45, 2.75) is 153 Å². The van der Waals surface area contributed by atoms with Gasteiger partial charge >= 0.3 is 7.12 Å². The molecule has 0 bridgehead atoms. The minimum Gasteiger partial charge on any atom is -0.399 e. The van der Waals surface area contributed by atoms with Gasteiger partial charge < -0.3 is 9.31 Å². The van der Waals surface area contributed by atoms with E-state index in [-0.39, 0.29) is 18.3 Å². The van der Waals surface area contributed by atoms with E-state index in [9.17, 15) is 0 Å². The first-order valence-corrected chi connectivity index (χ1v) is 25.3. The zero-order valence-electron chi connectivity index (χ0n) is 36.6. The van der Waals surface area contributed by atoms with E-state index in [1.165, 1.54) is 135 Å². The summed E-state index contributed by atoms with van der Waals surface area (Å²) in [7, 11) is -0.240. The van der Waals surface area contributed by atoms with Crippen molar-refractivity contribution in [1.82, 2.24) is 0 Å². The van der Waals surface area contributed by atoms with Crippen LogP contribution in [0.3, 0.4) is 0 Å². The Hall–Kier alpha value is -2.38. The van der Waals surface area contributed by atoms with E-state index in [1.54, 1.807) is 0 Å². The van der Waals surface area contributed by atoms with E-state index in [1.807, 2.05) is 18.2 Å². The molecule has 1 saturated heterocycles. The van der Waals surface area contributed by atoms with Gasteiger partial charge in [-0.05, 0) is 165 Å². The molecule has 5 aromatic carbocycles. The molecule has 2 nitrogen and oxygen atoms in total. The molecule has 0 aromatic heterocycles. The van der Waals surface area contributed by atoms with Crippen LogP contribution in [0.15, 0.2) is 118 Å². The first-order valence-electron chi connectivity index (χ1n) is 22.9. The lowest BCUT2D eigenvalue weighted by Gasteiger charge is -2.32. The predicted octanol–water partition coefficient (Wildman–Crippen LogP) is 17.7. The number of hydrogen-bond acceptors (Lipinski definition) is 2. The normalized spacial score (nSPS) is 19.4. The van der Waals surface area contributed by atoms with Crippen LogP contribution >= 0.6 is 55.1 Å². The summed E-state index contributed by atoms with van der Waals surface area (Å²) >= 11 is 18.8. The largest absolute Gasteiger partial charge is 0.494 e. The molecule has 0 spiro atoms. The molecule has 0 atom stereocenters. The van der Waals surface area contributed by atoms with Gasteiger partial charge in [0.15, 0.2) is 0 Å². The Balaban J connectivity index is 0.000000160. The van der Waals surface area contributed by atoms with Crippen LogP contribution in [0.25, 0.3) is 22.3 Å². The number of rotatable bonds is 6. The molecule has 4 fully saturated rings. The predicted molar refractivity (Wildman–Crippen MR) is 269 cm³/mol. The molecule has 0 unspecified atom stereocenters. The quantitative estimate of drug-likeness (QED) is 0.158. The fourth-order valence-electron chi connectivity index (χ4n) is 9.55. The molecule has 4 aliphatic rings. The summed E-state index contributed by atoms with van der Waals surface area (Å²) in [5.74, 6) is 2.26. The molecule has 3 aliphatic carbocycles. The highest BCUT2D eigenvalue weighted by Gasteiger charge is 2.51. The molecule has 1 aliphatic heterocycles. The standard InChI is InChI=1S/C30H33Cl.C18H27BO2.C6H3Br2Cl/c31-30-20-28(26-15-11-24(12-16-26)22-7-3-1-4-8-22)19-29(21-30)27-17-13-25(14-18-27)23-9-5-2-6-10-23;1-17(2)18(3,4)21-19(20-17)16-12-10-15(11-13-16)14-8-6-5-7-9-14;7-4-1-5(8)3-6(9)2-4/h11-23H,1-10H2;10-14H,5-9H2,1-4H3;1-3H. The fourth-order valence-corrected chi connectivity index (χ4v) is 11.6. The van der Waals surface area contributed by atoms with Gasteiger partial charge in [-0.15, -0.1) is 0 Å². The summed E-state index contributed by atoms with van der Waals surface area (Å²) in [6, 6.07) is 39.5. The average molecular weight is 986 g/mol. The van der Waals surface area contributed by atoms with Crippen molar-refractivity contribution in [1.29, 1.82) is 0 Å². The summed E-state index contributed by atoms with van der Waals surface area (Å²) in [6.45, 7) is 8.40. The van der Waals surface area contributed by atoms with E-state index in [4.69, 9.17) is 32.5 Å². The second-order valence-electron chi connectivity index (χ2n) is 18.8. The Labute approximate surface area is 394 Å². The van der Waals surface area contributed by atoms with Crippen molar-refractivity contribution in [3.63, 3.8) is 0 Å². The molecule has 0 radical (unpaired) electrons. The van der Waals surface area contributed by atoms with Gasteiger partial charge in [0, 0.05) is 19.0 Å². The van der Waals surface area contributed by atoms with Gasteiger partial charge in [-0.1, -0.05) is 186 Å². The fraction of sp³-hybridized carbons (Fsp3) is 0.444. The molecule has 0 N–H and O–H groups in total. The van der Waals surface area contributed by atoms with E-state index < -0.39 is 0 Å². The van der Waals surface area contributed by atoms with E-state index >= 15 is 0 Å². The summed E-state index contributed by atoms with van der Waals surface area (Å²) in [6.07, 6.45) is 20.6. The van der Waals surface area contributed by atoms with Crippen LogP contribution in [0.4, 0.5) is 0 Å². The minimum absolute atomic E-state index is 0.240. The van der Waals surface area contributed by atoms with Crippen molar-refractivity contribution < 1.29 is 9.31 Å². The average Bonchev–Trinajstić information content (AvgIpc) is 3.50. The highest BCUT2D eigenvalue weighted by molar-refractivity contribution is 9.11. The summed E-state index contributed by atoms with van der Waals surface area (Å²) in [5, 5.41) is 1.54.